The fraction of sp³-hybridized carbons (Fsp3) is 0.929. The first-order chi connectivity index (χ1) is 8.63. The van der Waals surface area contributed by atoms with E-state index in [0.29, 0.717) is 11.1 Å². The second kappa shape index (κ2) is 6.31. The first-order valence-electron chi connectivity index (χ1n) is 7.32. The van der Waals surface area contributed by atoms with Crippen molar-refractivity contribution in [1.29, 1.82) is 0 Å². The molecule has 0 amide bonds. The summed E-state index contributed by atoms with van der Waals surface area (Å²) in [6.45, 7) is 5.26. The molecule has 0 radical (unpaired) electrons. The lowest BCUT2D eigenvalue weighted by Gasteiger charge is -2.27. The molecular weight excluding hydrogens is 244 g/mol. The van der Waals surface area contributed by atoms with Crippen molar-refractivity contribution in [3.8, 4) is 0 Å². The topological polar surface area (TPSA) is 38.5 Å². The molecule has 1 aliphatic carbocycles. The minimum Gasteiger partial charge on any atom is -0.393 e. The summed E-state index contributed by atoms with van der Waals surface area (Å²) in [5.41, 5.74) is 5.83. The number of ether oxygens (including phenoxy) is 1. The molecular formula is C14H26N2OS. The molecule has 0 aromatic heterocycles. The van der Waals surface area contributed by atoms with Gasteiger partial charge in [0.1, 0.15) is 0 Å². The van der Waals surface area contributed by atoms with Gasteiger partial charge < -0.3 is 15.4 Å². The fourth-order valence-electron chi connectivity index (χ4n) is 3.35. The molecule has 1 saturated carbocycles. The van der Waals surface area contributed by atoms with Crippen LogP contribution in [0.4, 0.5) is 0 Å². The summed E-state index contributed by atoms with van der Waals surface area (Å²) in [5, 5.41) is 0. The van der Waals surface area contributed by atoms with Gasteiger partial charge >= 0.3 is 0 Å². The monoisotopic (exact) mass is 270 g/mol. The van der Waals surface area contributed by atoms with Gasteiger partial charge in [0, 0.05) is 19.5 Å². The minimum absolute atomic E-state index is 0.257. The molecule has 2 aliphatic rings. The third kappa shape index (κ3) is 3.65. The van der Waals surface area contributed by atoms with Crippen LogP contribution in [-0.2, 0) is 4.74 Å². The molecule has 1 spiro atoms. The number of hydrogen-bond acceptors (Lipinski definition) is 3. The lowest BCUT2D eigenvalue weighted by atomic mass is 9.98. The van der Waals surface area contributed by atoms with E-state index in [0.717, 1.165) is 26.1 Å². The van der Waals surface area contributed by atoms with Gasteiger partial charge in [0.2, 0.25) is 0 Å². The Kier molecular flexibility index (Phi) is 4.98. The van der Waals surface area contributed by atoms with Gasteiger partial charge in [-0.05, 0) is 32.2 Å². The summed E-state index contributed by atoms with van der Waals surface area (Å²) in [5.74, 6) is 0. The number of nitrogens with two attached hydrogens (primary N) is 1. The van der Waals surface area contributed by atoms with Crippen molar-refractivity contribution in [1.82, 2.24) is 4.90 Å². The Morgan fingerprint density at radius 1 is 1.39 bits per heavy atom. The van der Waals surface area contributed by atoms with Crippen molar-refractivity contribution in [2.75, 3.05) is 19.6 Å². The molecule has 0 bridgehead atoms. The molecule has 2 N–H and O–H groups in total. The zero-order chi connectivity index (χ0) is 13.0. The van der Waals surface area contributed by atoms with E-state index in [1.54, 1.807) is 0 Å². The van der Waals surface area contributed by atoms with Crippen LogP contribution in [0, 0.1) is 0 Å². The molecule has 104 valence electrons. The third-order valence-electron chi connectivity index (χ3n) is 4.44. The summed E-state index contributed by atoms with van der Waals surface area (Å²) < 4.78 is 6.34. The Morgan fingerprint density at radius 3 is 2.72 bits per heavy atom. The van der Waals surface area contributed by atoms with Gasteiger partial charge in [-0.15, -0.1) is 0 Å². The molecule has 0 aromatic carbocycles. The van der Waals surface area contributed by atoms with Gasteiger partial charge in [-0.25, -0.2) is 0 Å². The lowest BCUT2D eigenvalue weighted by Crippen LogP contribution is -2.36. The van der Waals surface area contributed by atoms with E-state index >= 15 is 0 Å². The molecule has 4 heteroatoms. The van der Waals surface area contributed by atoms with Crippen LogP contribution in [0.15, 0.2) is 0 Å². The largest absolute Gasteiger partial charge is 0.393 e. The van der Waals surface area contributed by atoms with Gasteiger partial charge in [-0.2, -0.15) is 0 Å². The number of rotatable bonds is 6. The van der Waals surface area contributed by atoms with Crippen LogP contribution in [0.25, 0.3) is 0 Å². The Balaban J connectivity index is 1.76. The minimum atomic E-state index is 0.257. The van der Waals surface area contributed by atoms with Gasteiger partial charge in [-0.3, -0.25) is 0 Å². The third-order valence-corrected chi connectivity index (χ3v) is 4.64. The second-order valence-electron chi connectivity index (χ2n) is 5.78. The molecule has 18 heavy (non-hydrogen) atoms. The highest BCUT2D eigenvalue weighted by Gasteiger charge is 2.42. The van der Waals surface area contributed by atoms with E-state index in [-0.39, 0.29) is 5.60 Å². The average molecular weight is 270 g/mol. The Hall–Kier alpha value is -0.190. The molecule has 3 nitrogen and oxygen atoms in total. The average Bonchev–Trinajstić information content (AvgIpc) is 2.95. The summed E-state index contributed by atoms with van der Waals surface area (Å²) in [6.07, 6.45) is 9.01. The van der Waals surface area contributed by atoms with Crippen molar-refractivity contribution in [2.24, 2.45) is 5.73 Å². The van der Waals surface area contributed by atoms with Gasteiger partial charge in [0.25, 0.3) is 0 Å². The van der Waals surface area contributed by atoms with Gasteiger partial charge in [0.05, 0.1) is 16.7 Å². The molecule has 2 fully saturated rings. The highest BCUT2D eigenvalue weighted by molar-refractivity contribution is 7.80. The van der Waals surface area contributed by atoms with Crippen molar-refractivity contribution in [2.45, 2.75) is 63.6 Å². The fourth-order valence-corrected chi connectivity index (χ4v) is 3.44. The van der Waals surface area contributed by atoms with Crippen LogP contribution in [0.1, 0.15) is 51.9 Å². The summed E-state index contributed by atoms with van der Waals surface area (Å²) >= 11 is 4.95. The number of nitrogens with zero attached hydrogens (tertiary/aromatic N) is 1. The van der Waals surface area contributed by atoms with Crippen molar-refractivity contribution in [3.63, 3.8) is 0 Å². The van der Waals surface area contributed by atoms with Crippen LogP contribution < -0.4 is 5.73 Å². The van der Waals surface area contributed by atoms with Crippen LogP contribution >= 0.6 is 12.2 Å². The van der Waals surface area contributed by atoms with E-state index < -0.39 is 0 Å². The first-order valence-corrected chi connectivity index (χ1v) is 7.73. The van der Waals surface area contributed by atoms with E-state index in [1.165, 1.54) is 38.5 Å². The van der Waals surface area contributed by atoms with E-state index in [9.17, 15) is 0 Å². The van der Waals surface area contributed by atoms with E-state index in [2.05, 4.69) is 11.8 Å². The van der Waals surface area contributed by atoms with Crippen molar-refractivity contribution < 1.29 is 4.74 Å². The first kappa shape index (κ1) is 14.2. The molecule has 1 saturated heterocycles. The molecule has 2 rings (SSSR count). The molecule has 1 aliphatic heterocycles. The molecule has 1 atom stereocenters. The zero-order valence-electron chi connectivity index (χ0n) is 11.5. The van der Waals surface area contributed by atoms with E-state index in [1.807, 2.05) is 0 Å². The highest BCUT2D eigenvalue weighted by atomic mass is 32.1. The Morgan fingerprint density at radius 2 is 2.11 bits per heavy atom. The van der Waals surface area contributed by atoms with Gasteiger partial charge in [-0.1, -0.05) is 32.0 Å². The van der Waals surface area contributed by atoms with Crippen LogP contribution in [0.3, 0.4) is 0 Å². The Bertz CT molecular complexity index is 290. The summed E-state index contributed by atoms with van der Waals surface area (Å²) in [7, 11) is 0. The SMILES string of the molecule is CCN(CCC(N)=S)CC1CCC2(CCCC2)O1. The normalized spacial score (nSPS) is 26.2. The maximum absolute atomic E-state index is 6.34. The standard InChI is InChI=1S/C14H26N2OS/c1-2-16(10-6-13(15)18)11-12-5-9-14(17-12)7-3-4-8-14/h12H,2-11H2,1H3,(H2,15,18). The van der Waals surface area contributed by atoms with Crippen LogP contribution in [-0.4, -0.2) is 41.2 Å². The van der Waals surface area contributed by atoms with Crippen molar-refractivity contribution in [3.05, 3.63) is 0 Å². The van der Waals surface area contributed by atoms with Gasteiger partial charge in [0.15, 0.2) is 0 Å². The second-order valence-corrected chi connectivity index (χ2v) is 6.30. The molecule has 0 aromatic rings. The number of likely N-dealkylation sites (N-methyl/N-ethyl adjacent to an activating group) is 1. The molecule has 1 unspecified atom stereocenters. The maximum atomic E-state index is 6.34. The van der Waals surface area contributed by atoms with Crippen molar-refractivity contribution >= 4 is 17.2 Å². The Labute approximate surface area is 116 Å². The summed E-state index contributed by atoms with van der Waals surface area (Å²) in [6, 6.07) is 0. The zero-order valence-corrected chi connectivity index (χ0v) is 12.3. The quantitative estimate of drug-likeness (QED) is 0.753. The predicted molar refractivity (Wildman–Crippen MR) is 78.8 cm³/mol. The van der Waals surface area contributed by atoms with E-state index in [4.69, 9.17) is 22.7 Å². The lowest BCUT2D eigenvalue weighted by molar-refractivity contribution is -0.0466. The van der Waals surface area contributed by atoms with Crippen LogP contribution in [0.2, 0.25) is 0 Å². The predicted octanol–water partition coefficient (Wildman–Crippen LogP) is 2.48. The molecule has 1 heterocycles. The maximum Gasteiger partial charge on any atom is 0.0740 e. The smallest absolute Gasteiger partial charge is 0.0740 e. The highest BCUT2D eigenvalue weighted by Crippen LogP contribution is 2.43. The van der Waals surface area contributed by atoms with Crippen LogP contribution in [0.5, 0.6) is 0 Å². The summed E-state index contributed by atoms with van der Waals surface area (Å²) in [4.78, 5) is 3.03. The number of thiocarbonyl (C=S) groups is 1. The number of hydrogen-bond donors (Lipinski definition) is 1.